The van der Waals surface area contributed by atoms with Gasteiger partial charge in [-0.2, -0.15) is 0 Å². The Hall–Kier alpha value is -2.08. The van der Waals surface area contributed by atoms with Crippen LogP contribution in [0, 0.1) is 0 Å². The fourth-order valence-electron chi connectivity index (χ4n) is 3.24. The zero-order valence-electron chi connectivity index (χ0n) is 14.9. The minimum atomic E-state index is -0.601. The molecule has 0 radical (unpaired) electrons. The van der Waals surface area contributed by atoms with E-state index in [1.165, 1.54) is 0 Å². The van der Waals surface area contributed by atoms with Crippen LogP contribution in [-0.2, 0) is 11.3 Å². The van der Waals surface area contributed by atoms with Crippen molar-refractivity contribution in [1.82, 2.24) is 9.80 Å². The number of nitrogens with zero attached hydrogens (tertiary/aromatic N) is 2. The molecule has 1 amide bonds. The molecule has 0 spiro atoms. The van der Waals surface area contributed by atoms with Crippen LogP contribution in [0.25, 0.3) is 0 Å². The van der Waals surface area contributed by atoms with Crippen LogP contribution in [0.4, 0.5) is 0 Å². The second kappa shape index (κ2) is 8.54. The van der Waals surface area contributed by atoms with Gasteiger partial charge in [0.2, 0.25) is 5.91 Å². The number of hydrogen-bond acceptors (Lipinski definition) is 4. The summed E-state index contributed by atoms with van der Waals surface area (Å²) in [6, 6.07) is 14.6. The van der Waals surface area contributed by atoms with E-state index in [-0.39, 0.29) is 5.91 Å². The maximum absolute atomic E-state index is 12.7. The van der Waals surface area contributed by atoms with Gasteiger partial charge in [-0.25, -0.2) is 0 Å². The molecule has 1 aliphatic rings. The number of benzene rings is 2. The van der Waals surface area contributed by atoms with E-state index in [1.54, 1.807) is 7.11 Å². The lowest BCUT2D eigenvalue weighted by molar-refractivity contribution is -0.134. The average molecular weight is 374 g/mol. The molecule has 1 atom stereocenters. The van der Waals surface area contributed by atoms with Gasteiger partial charge in [-0.3, -0.25) is 9.69 Å². The molecule has 1 heterocycles. The smallest absolute Gasteiger partial charge is 0.244 e. The normalized spacial score (nSPS) is 16.3. The lowest BCUT2D eigenvalue weighted by Gasteiger charge is -2.36. The zero-order chi connectivity index (χ0) is 18.5. The quantitative estimate of drug-likeness (QED) is 0.875. The van der Waals surface area contributed by atoms with Gasteiger partial charge in [0.05, 0.1) is 7.11 Å². The van der Waals surface area contributed by atoms with Gasteiger partial charge in [0.15, 0.2) is 0 Å². The van der Waals surface area contributed by atoms with E-state index in [1.807, 2.05) is 53.4 Å². The van der Waals surface area contributed by atoms with Crippen molar-refractivity contribution in [2.45, 2.75) is 12.6 Å². The van der Waals surface area contributed by atoms with Crippen molar-refractivity contribution in [3.63, 3.8) is 0 Å². The minimum Gasteiger partial charge on any atom is -0.496 e. The maximum atomic E-state index is 12.7. The van der Waals surface area contributed by atoms with Gasteiger partial charge in [-0.05, 0) is 23.8 Å². The molecule has 2 N–H and O–H groups in total. The summed E-state index contributed by atoms with van der Waals surface area (Å²) in [6.45, 7) is 3.67. The molecular formula is C20H24ClN3O2. The Bertz CT molecular complexity index is 746. The molecule has 26 heavy (non-hydrogen) atoms. The first kappa shape index (κ1) is 18.7. The maximum Gasteiger partial charge on any atom is 0.244 e. The van der Waals surface area contributed by atoms with Crippen molar-refractivity contribution in [2.24, 2.45) is 5.73 Å². The highest BCUT2D eigenvalue weighted by molar-refractivity contribution is 6.30. The molecule has 1 unspecified atom stereocenters. The molecule has 1 saturated heterocycles. The van der Waals surface area contributed by atoms with E-state index in [0.717, 1.165) is 36.5 Å². The Balaban J connectivity index is 1.58. The first-order valence-corrected chi connectivity index (χ1v) is 9.10. The Morgan fingerprint density at radius 2 is 1.85 bits per heavy atom. The van der Waals surface area contributed by atoms with Gasteiger partial charge in [-0.1, -0.05) is 41.9 Å². The Labute approximate surface area is 159 Å². The summed E-state index contributed by atoms with van der Waals surface area (Å²) >= 11 is 6.11. The standard InChI is InChI=1S/C20H24ClN3O2/c1-26-18-8-7-17(21)13-16(18)14-23-9-11-24(12-10-23)20(25)19(22)15-5-3-2-4-6-15/h2-8,13,19H,9-12,14,22H2,1H3. The van der Waals surface area contributed by atoms with Crippen molar-refractivity contribution in [3.8, 4) is 5.75 Å². The van der Waals surface area contributed by atoms with Gasteiger partial charge in [0.1, 0.15) is 11.8 Å². The van der Waals surface area contributed by atoms with Crippen LogP contribution >= 0.6 is 11.6 Å². The lowest BCUT2D eigenvalue weighted by atomic mass is 10.1. The number of carbonyl (C=O) groups is 1. The number of amides is 1. The Kier molecular flexibility index (Phi) is 6.14. The predicted molar refractivity (Wildman–Crippen MR) is 103 cm³/mol. The summed E-state index contributed by atoms with van der Waals surface area (Å²) in [5.41, 5.74) is 8.05. The highest BCUT2D eigenvalue weighted by Gasteiger charge is 2.26. The summed E-state index contributed by atoms with van der Waals surface area (Å²) in [7, 11) is 1.66. The highest BCUT2D eigenvalue weighted by atomic mass is 35.5. The number of carbonyl (C=O) groups excluding carboxylic acids is 1. The van der Waals surface area contributed by atoms with Crippen LogP contribution < -0.4 is 10.5 Å². The van der Waals surface area contributed by atoms with E-state index in [0.29, 0.717) is 18.1 Å². The SMILES string of the molecule is COc1ccc(Cl)cc1CN1CCN(C(=O)C(N)c2ccccc2)CC1. The van der Waals surface area contributed by atoms with E-state index < -0.39 is 6.04 Å². The third kappa shape index (κ3) is 4.36. The van der Waals surface area contributed by atoms with Crippen molar-refractivity contribution in [1.29, 1.82) is 0 Å². The molecule has 0 aromatic heterocycles. The summed E-state index contributed by atoms with van der Waals surface area (Å²) in [4.78, 5) is 16.8. The van der Waals surface area contributed by atoms with Crippen LogP contribution in [0.15, 0.2) is 48.5 Å². The largest absolute Gasteiger partial charge is 0.496 e. The first-order valence-electron chi connectivity index (χ1n) is 8.72. The van der Waals surface area contributed by atoms with Gasteiger partial charge in [0.25, 0.3) is 0 Å². The molecule has 6 heteroatoms. The van der Waals surface area contributed by atoms with Gasteiger partial charge in [0, 0.05) is 43.3 Å². The molecule has 0 bridgehead atoms. The average Bonchev–Trinajstić information content (AvgIpc) is 2.68. The molecule has 1 aliphatic heterocycles. The highest BCUT2D eigenvalue weighted by Crippen LogP contribution is 2.24. The fourth-order valence-corrected chi connectivity index (χ4v) is 3.43. The van der Waals surface area contributed by atoms with E-state index in [2.05, 4.69) is 4.90 Å². The molecule has 2 aromatic rings. The molecule has 1 fully saturated rings. The molecule has 0 aliphatic carbocycles. The Morgan fingerprint density at radius 3 is 2.50 bits per heavy atom. The summed E-state index contributed by atoms with van der Waals surface area (Å²) < 4.78 is 5.42. The topological polar surface area (TPSA) is 58.8 Å². The number of nitrogens with two attached hydrogens (primary N) is 1. The second-order valence-electron chi connectivity index (χ2n) is 6.45. The third-order valence-electron chi connectivity index (χ3n) is 4.75. The van der Waals surface area contributed by atoms with Crippen LogP contribution in [0.1, 0.15) is 17.2 Å². The van der Waals surface area contributed by atoms with Gasteiger partial charge >= 0.3 is 0 Å². The minimum absolute atomic E-state index is 0.0174. The van der Waals surface area contributed by atoms with Crippen molar-refractivity contribution in [3.05, 3.63) is 64.7 Å². The summed E-state index contributed by atoms with van der Waals surface area (Å²) in [6.07, 6.45) is 0. The predicted octanol–water partition coefficient (Wildman–Crippen LogP) is 2.69. The molecular weight excluding hydrogens is 350 g/mol. The van der Waals surface area contributed by atoms with E-state index >= 15 is 0 Å². The lowest BCUT2D eigenvalue weighted by Crippen LogP contribution is -2.50. The van der Waals surface area contributed by atoms with Crippen LogP contribution in [0.5, 0.6) is 5.75 Å². The van der Waals surface area contributed by atoms with E-state index in [4.69, 9.17) is 22.1 Å². The number of piperazine rings is 1. The second-order valence-corrected chi connectivity index (χ2v) is 6.88. The van der Waals surface area contributed by atoms with Gasteiger partial charge < -0.3 is 15.4 Å². The Morgan fingerprint density at radius 1 is 1.15 bits per heavy atom. The summed E-state index contributed by atoms with van der Waals surface area (Å²) in [5.74, 6) is 0.815. The zero-order valence-corrected chi connectivity index (χ0v) is 15.7. The molecule has 2 aromatic carbocycles. The number of halogens is 1. The van der Waals surface area contributed by atoms with Crippen molar-refractivity contribution < 1.29 is 9.53 Å². The van der Waals surface area contributed by atoms with Crippen molar-refractivity contribution in [2.75, 3.05) is 33.3 Å². The summed E-state index contributed by atoms with van der Waals surface area (Å²) in [5, 5.41) is 0.698. The number of ether oxygens (including phenoxy) is 1. The molecule has 0 saturated carbocycles. The van der Waals surface area contributed by atoms with Gasteiger partial charge in [-0.15, -0.1) is 0 Å². The monoisotopic (exact) mass is 373 g/mol. The molecule has 138 valence electrons. The number of methoxy groups -OCH3 is 1. The van der Waals surface area contributed by atoms with Crippen LogP contribution in [0.3, 0.4) is 0 Å². The number of rotatable bonds is 5. The van der Waals surface area contributed by atoms with Crippen molar-refractivity contribution >= 4 is 17.5 Å². The third-order valence-corrected chi connectivity index (χ3v) is 4.98. The van der Waals surface area contributed by atoms with E-state index in [9.17, 15) is 4.79 Å². The molecule has 3 rings (SSSR count). The van der Waals surface area contributed by atoms with Crippen LogP contribution in [0.2, 0.25) is 5.02 Å². The first-order chi connectivity index (χ1) is 12.6. The molecule has 5 nitrogen and oxygen atoms in total. The fraction of sp³-hybridized carbons (Fsp3) is 0.350. The van der Waals surface area contributed by atoms with Crippen LogP contribution in [-0.4, -0.2) is 49.0 Å². The number of hydrogen-bond donors (Lipinski definition) is 1.